The number of rotatable bonds is 5. The lowest BCUT2D eigenvalue weighted by Crippen LogP contribution is -2.55. The van der Waals surface area contributed by atoms with Crippen LogP contribution >= 0.6 is 20.0 Å². The molecule has 0 fully saturated rings. The summed E-state index contributed by atoms with van der Waals surface area (Å²) in [5.74, 6) is 0. The van der Waals surface area contributed by atoms with Gasteiger partial charge in [-0.2, -0.15) is 0 Å². The average molecular weight is 292 g/mol. The Morgan fingerprint density at radius 3 is 2.12 bits per heavy atom. The van der Waals surface area contributed by atoms with Gasteiger partial charge in [-0.15, -0.1) is 0 Å². The predicted octanol–water partition coefficient (Wildman–Crippen LogP) is -1.72. The lowest BCUT2D eigenvalue weighted by molar-refractivity contribution is -0.118. The third-order valence-electron chi connectivity index (χ3n) is 2.01. The van der Waals surface area contributed by atoms with Crippen molar-refractivity contribution in [1.29, 1.82) is 0 Å². The molecule has 0 aliphatic carbocycles. The quantitative estimate of drug-likeness (QED) is 0.257. The van der Waals surface area contributed by atoms with Crippen LogP contribution in [0.3, 0.4) is 0 Å². The summed E-state index contributed by atoms with van der Waals surface area (Å²) >= 11 is 4.40. The third-order valence-corrected chi connectivity index (χ3v) is 3.05. The molecule has 0 aliphatic rings. The number of phosphoric ester groups is 1. The number of hydrogen-bond donors (Lipinski definition) is 6. The molecule has 1 unspecified atom stereocenters. The van der Waals surface area contributed by atoms with E-state index in [2.05, 4.69) is 16.7 Å². The Labute approximate surface area is 103 Å². The molecule has 0 aromatic rings. The molecule has 6 N–H and O–H groups in total. The highest BCUT2D eigenvalue weighted by molar-refractivity contribution is 7.80. The molecule has 0 saturated carbocycles. The van der Waals surface area contributed by atoms with E-state index >= 15 is 0 Å². The summed E-state index contributed by atoms with van der Waals surface area (Å²) in [6, 6.07) is 0. The van der Waals surface area contributed by atoms with Crippen LogP contribution in [-0.4, -0.2) is 59.2 Å². The normalized spacial score (nSPS) is 21.2. The molecule has 0 saturated heterocycles. The van der Waals surface area contributed by atoms with Gasteiger partial charge >= 0.3 is 7.82 Å². The van der Waals surface area contributed by atoms with Crippen LogP contribution in [-0.2, 0) is 9.09 Å². The van der Waals surface area contributed by atoms with E-state index in [0.717, 1.165) is 13.8 Å². The molecule has 4 atom stereocenters. The summed E-state index contributed by atoms with van der Waals surface area (Å²) in [5, 5.41) is 36.5. The summed E-state index contributed by atoms with van der Waals surface area (Å²) < 4.78 is 14.4. The highest BCUT2D eigenvalue weighted by Crippen LogP contribution is 2.38. The number of thiocarbonyl (C=S) groups is 1. The van der Waals surface area contributed by atoms with Gasteiger partial charge in [-0.1, -0.05) is 0 Å². The lowest BCUT2D eigenvalue weighted by Gasteiger charge is -2.33. The zero-order valence-electron chi connectivity index (χ0n) is 9.09. The Morgan fingerprint density at radius 1 is 1.41 bits per heavy atom. The van der Waals surface area contributed by atoms with E-state index in [1.165, 1.54) is 0 Å². The van der Waals surface area contributed by atoms with Crippen molar-refractivity contribution in [3.05, 3.63) is 0 Å². The maximum absolute atomic E-state index is 10.5. The maximum Gasteiger partial charge on any atom is 0.525 e. The molecule has 0 aliphatic heterocycles. The smallest absolute Gasteiger partial charge is 0.394 e. The minimum atomic E-state index is -4.97. The van der Waals surface area contributed by atoms with Crippen LogP contribution in [0, 0.1) is 0 Å². The minimum Gasteiger partial charge on any atom is -0.394 e. The highest BCUT2D eigenvalue weighted by Gasteiger charge is 2.44. The summed E-state index contributed by atoms with van der Waals surface area (Å²) in [6.07, 6.45) is -5.11. The first kappa shape index (κ1) is 16.9. The average Bonchev–Trinajstić information content (AvgIpc) is 2.12. The van der Waals surface area contributed by atoms with Gasteiger partial charge in [0, 0.05) is 0 Å². The molecular formula is C7H15O8PS. The third kappa shape index (κ3) is 4.94. The van der Waals surface area contributed by atoms with Crippen molar-refractivity contribution < 1.29 is 39.3 Å². The summed E-state index contributed by atoms with van der Waals surface area (Å²) in [4.78, 5) is 17.0. The van der Waals surface area contributed by atoms with Crippen molar-refractivity contribution in [2.24, 2.45) is 0 Å². The monoisotopic (exact) mass is 292 g/mol. The fourth-order valence-electron chi connectivity index (χ4n) is 0.917. The Hall–Kier alpha value is -0.120. The summed E-state index contributed by atoms with van der Waals surface area (Å²) in [7, 11) is -4.97. The van der Waals surface area contributed by atoms with Crippen LogP contribution in [0.25, 0.3) is 0 Å². The molecule has 10 heteroatoms. The van der Waals surface area contributed by atoms with E-state index in [1.807, 2.05) is 0 Å². The first-order valence-electron chi connectivity index (χ1n) is 4.45. The van der Waals surface area contributed by atoms with E-state index < -0.39 is 36.8 Å². The van der Waals surface area contributed by atoms with Gasteiger partial charge in [0.1, 0.15) is 12.2 Å². The largest absolute Gasteiger partial charge is 0.525 e. The molecule has 0 aromatic carbocycles. The van der Waals surface area contributed by atoms with Gasteiger partial charge in [-0.3, -0.25) is 9.79 Å². The van der Waals surface area contributed by atoms with E-state index in [9.17, 15) is 19.9 Å². The van der Waals surface area contributed by atoms with Crippen molar-refractivity contribution in [1.82, 2.24) is 0 Å². The van der Waals surface area contributed by atoms with E-state index in [-0.39, 0.29) is 0 Å². The van der Waals surface area contributed by atoms with E-state index in [0.29, 0.717) is 0 Å². The van der Waals surface area contributed by atoms with Crippen molar-refractivity contribution in [2.75, 3.05) is 0 Å². The van der Waals surface area contributed by atoms with Crippen LogP contribution < -0.4 is 0 Å². The molecule has 0 radical (unpaired) electrons. The van der Waals surface area contributed by atoms with Gasteiger partial charge < -0.3 is 24.9 Å². The van der Waals surface area contributed by atoms with Crippen LogP contribution in [0.1, 0.15) is 13.8 Å². The number of aliphatic hydroxyl groups is 4. The Balaban J connectivity index is 4.88. The molecule has 0 rings (SSSR count). The van der Waals surface area contributed by atoms with Crippen molar-refractivity contribution in [3.8, 4) is 0 Å². The fraction of sp³-hybridized carbons (Fsp3) is 0.857. The lowest BCUT2D eigenvalue weighted by atomic mass is 10.00. The van der Waals surface area contributed by atoms with Gasteiger partial charge in [0.2, 0.25) is 5.05 Å². The maximum atomic E-state index is 10.5. The first-order valence-corrected chi connectivity index (χ1v) is 6.39. The van der Waals surface area contributed by atoms with Gasteiger partial charge in [-0.05, 0) is 26.1 Å². The van der Waals surface area contributed by atoms with E-state index in [4.69, 9.17) is 14.9 Å². The predicted molar refractivity (Wildman–Crippen MR) is 60.0 cm³/mol. The molecule has 8 nitrogen and oxygen atoms in total. The second-order valence-electron chi connectivity index (χ2n) is 3.69. The summed E-state index contributed by atoms with van der Waals surface area (Å²) in [6.45, 7) is 2.04. The molecular weight excluding hydrogens is 277 g/mol. The number of phosphoric acid groups is 1. The number of hydrogen-bond acceptors (Lipinski definition) is 7. The van der Waals surface area contributed by atoms with Gasteiger partial charge in [0.15, 0.2) is 5.60 Å². The Morgan fingerprint density at radius 2 is 1.82 bits per heavy atom. The zero-order valence-corrected chi connectivity index (χ0v) is 10.8. The molecule has 102 valence electrons. The SMILES string of the molecule is CC(O)[C@@H](O)[C@@H](O)[C@@]([14CH3])(O)C(=S)OP(=O)(O)O. The van der Waals surface area contributed by atoms with Gasteiger partial charge in [0.05, 0.1) is 6.10 Å². The Bertz CT molecular complexity index is 324. The summed E-state index contributed by atoms with van der Waals surface area (Å²) in [5.41, 5.74) is -2.41. The second kappa shape index (κ2) is 5.68. The van der Waals surface area contributed by atoms with Crippen molar-refractivity contribution in [2.45, 2.75) is 37.8 Å². The van der Waals surface area contributed by atoms with Crippen LogP contribution in [0.5, 0.6) is 0 Å². The van der Waals surface area contributed by atoms with Crippen molar-refractivity contribution >= 4 is 25.1 Å². The second-order valence-corrected chi connectivity index (χ2v) is 5.23. The molecule has 0 bridgehead atoms. The van der Waals surface area contributed by atoms with Crippen LogP contribution in [0.4, 0.5) is 0 Å². The molecule has 0 spiro atoms. The van der Waals surface area contributed by atoms with E-state index in [1.54, 1.807) is 0 Å². The minimum absolute atomic E-state index is 0.890. The van der Waals surface area contributed by atoms with Gasteiger partial charge in [-0.25, -0.2) is 4.57 Å². The van der Waals surface area contributed by atoms with Crippen LogP contribution in [0.15, 0.2) is 0 Å². The fourth-order valence-corrected chi connectivity index (χ4v) is 1.73. The van der Waals surface area contributed by atoms with Crippen molar-refractivity contribution in [3.63, 3.8) is 0 Å². The zero-order chi connectivity index (χ0) is 14.0. The molecule has 0 heterocycles. The topological polar surface area (TPSA) is 148 Å². The molecule has 17 heavy (non-hydrogen) atoms. The number of aliphatic hydroxyl groups excluding tert-OH is 3. The highest BCUT2D eigenvalue weighted by atomic mass is 32.1. The molecule has 0 amide bonds. The Kier molecular flexibility index (Phi) is 5.64. The molecule has 0 aromatic heterocycles. The van der Waals surface area contributed by atoms with Gasteiger partial charge in [0.25, 0.3) is 0 Å². The van der Waals surface area contributed by atoms with Crippen LogP contribution in [0.2, 0.25) is 0 Å². The first-order chi connectivity index (χ1) is 7.39. The standard InChI is InChI=1S/C7H15O8PS/c1-3(8)4(9)5(10)7(2,11)6(17)15-16(12,13)14/h3-5,8-11H,1-2H3,(H2,12,13,14)/t3?,4-,5-,7-/m1/s1/i2+2.